The summed E-state index contributed by atoms with van der Waals surface area (Å²) in [6.07, 6.45) is 0. The molecule has 0 amide bonds. The first kappa shape index (κ1) is 19.5. The second-order valence-electron chi connectivity index (χ2n) is 5.55. The van der Waals surface area contributed by atoms with E-state index in [-0.39, 0.29) is 27.9 Å². The van der Waals surface area contributed by atoms with Gasteiger partial charge in [0.15, 0.2) is 10.7 Å². The Kier molecular flexibility index (Phi) is 5.45. The number of pyridine rings is 1. The molecule has 0 bridgehead atoms. The van der Waals surface area contributed by atoms with Gasteiger partial charge in [0, 0.05) is 12.6 Å². The van der Waals surface area contributed by atoms with E-state index in [4.69, 9.17) is 18.7 Å². The lowest BCUT2D eigenvalue weighted by Crippen LogP contribution is -2.15. The lowest BCUT2D eigenvalue weighted by molar-refractivity contribution is 0.373. The van der Waals surface area contributed by atoms with Crippen LogP contribution in [-0.4, -0.2) is 46.4 Å². The zero-order valence-electron chi connectivity index (χ0n) is 15.8. The van der Waals surface area contributed by atoms with Crippen molar-refractivity contribution in [3.8, 4) is 17.2 Å². The third kappa shape index (κ3) is 3.48. The number of nitrogens with one attached hydrogen (secondary N) is 2. The first-order valence-electron chi connectivity index (χ1n) is 8.27. The molecule has 2 heterocycles. The summed E-state index contributed by atoms with van der Waals surface area (Å²) in [6.45, 7) is 2.56. The number of methoxy groups -OCH3 is 3. The molecular formula is C17H20N4O6S. The van der Waals surface area contributed by atoms with E-state index in [0.717, 1.165) is 0 Å². The minimum Gasteiger partial charge on any atom is -0.496 e. The molecule has 28 heavy (non-hydrogen) atoms. The van der Waals surface area contributed by atoms with Crippen molar-refractivity contribution >= 4 is 32.8 Å². The monoisotopic (exact) mass is 408 g/mol. The molecule has 0 saturated carbocycles. The summed E-state index contributed by atoms with van der Waals surface area (Å²) < 4.78 is 49.4. The maximum absolute atomic E-state index is 13.0. The van der Waals surface area contributed by atoms with Gasteiger partial charge in [0.05, 0.1) is 21.3 Å². The average Bonchev–Trinajstić information content (AvgIpc) is 3.08. The van der Waals surface area contributed by atoms with Crippen molar-refractivity contribution in [2.24, 2.45) is 0 Å². The molecule has 0 radical (unpaired) electrons. The van der Waals surface area contributed by atoms with Crippen LogP contribution in [0.3, 0.4) is 0 Å². The largest absolute Gasteiger partial charge is 0.496 e. The van der Waals surface area contributed by atoms with Gasteiger partial charge in [-0.15, -0.1) is 0 Å². The van der Waals surface area contributed by atoms with Gasteiger partial charge in [-0.3, -0.25) is 4.72 Å². The normalized spacial score (nSPS) is 11.3. The summed E-state index contributed by atoms with van der Waals surface area (Å²) >= 11 is 0. The number of sulfonamides is 1. The van der Waals surface area contributed by atoms with E-state index in [0.29, 0.717) is 23.5 Å². The molecule has 2 N–H and O–H groups in total. The topological polar surface area (TPSA) is 125 Å². The van der Waals surface area contributed by atoms with Crippen molar-refractivity contribution in [1.29, 1.82) is 0 Å². The predicted octanol–water partition coefficient (Wildman–Crippen LogP) is 2.48. The number of rotatable bonds is 8. The minimum atomic E-state index is -4.13. The molecule has 0 spiro atoms. The fourth-order valence-electron chi connectivity index (χ4n) is 2.68. The van der Waals surface area contributed by atoms with Gasteiger partial charge in [-0.05, 0) is 19.1 Å². The Balaban J connectivity index is 2.10. The maximum Gasteiger partial charge on any atom is 0.270 e. The van der Waals surface area contributed by atoms with Crippen LogP contribution in [0.2, 0.25) is 0 Å². The Bertz CT molecular complexity index is 1070. The van der Waals surface area contributed by atoms with Gasteiger partial charge in [0.25, 0.3) is 15.7 Å². The number of aromatic nitrogens is 2. The molecular weight excluding hydrogens is 388 g/mol. The van der Waals surface area contributed by atoms with Gasteiger partial charge in [-0.25, -0.2) is 8.42 Å². The molecule has 2 aromatic heterocycles. The fraction of sp³-hybridized carbons (Fsp3) is 0.294. The Labute approximate surface area is 161 Å². The van der Waals surface area contributed by atoms with Crippen LogP contribution in [0.4, 0.5) is 11.6 Å². The summed E-state index contributed by atoms with van der Waals surface area (Å²) in [5, 5.41) is 7.14. The molecule has 0 aliphatic carbocycles. The minimum absolute atomic E-state index is 0.0599. The van der Waals surface area contributed by atoms with Crippen LogP contribution in [0.1, 0.15) is 6.92 Å². The second-order valence-corrected chi connectivity index (χ2v) is 7.17. The SMILES string of the molecule is CCNc1cc(OC)c2c(NS(=O)(=O)c3c(OC)cccc3OC)noc2n1. The number of ether oxygens (including phenoxy) is 3. The Hall–Kier alpha value is -3.21. The number of benzene rings is 1. The van der Waals surface area contributed by atoms with Crippen molar-refractivity contribution in [3.63, 3.8) is 0 Å². The van der Waals surface area contributed by atoms with Gasteiger partial charge >= 0.3 is 0 Å². The smallest absolute Gasteiger partial charge is 0.270 e. The van der Waals surface area contributed by atoms with Gasteiger partial charge in [0.1, 0.15) is 28.5 Å². The molecule has 3 aromatic rings. The molecule has 1 aromatic carbocycles. The van der Waals surface area contributed by atoms with Gasteiger partial charge in [-0.2, -0.15) is 4.98 Å². The first-order chi connectivity index (χ1) is 13.4. The van der Waals surface area contributed by atoms with E-state index in [2.05, 4.69) is 20.2 Å². The molecule has 0 unspecified atom stereocenters. The number of fused-ring (bicyclic) bond motifs is 1. The summed E-state index contributed by atoms with van der Waals surface area (Å²) in [4.78, 5) is 4.10. The summed E-state index contributed by atoms with van der Waals surface area (Å²) in [5.74, 6) is 1.06. The molecule has 150 valence electrons. The molecule has 0 atom stereocenters. The first-order valence-corrected chi connectivity index (χ1v) is 9.75. The lowest BCUT2D eigenvalue weighted by atomic mass is 10.3. The summed E-state index contributed by atoms with van der Waals surface area (Å²) in [5.41, 5.74) is 0.125. The quantitative estimate of drug-likeness (QED) is 0.578. The van der Waals surface area contributed by atoms with Crippen LogP contribution in [-0.2, 0) is 10.0 Å². The summed E-state index contributed by atoms with van der Waals surface area (Å²) in [6, 6.07) is 6.29. The van der Waals surface area contributed by atoms with Crippen LogP contribution < -0.4 is 24.2 Å². The van der Waals surface area contributed by atoms with E-state index in [1.54, 1.807) is 12.1 Å². The van der Waals surface area contributed by atoms with Crippen LogP contribution in [0.15, 0.2) is 33.7 Å². The molecule has 0 saturated heterocycles. The molecule has 11 heteroatoms. The molecule has 0 fully saturated rings. The molecule has 0 aliphatic heterocycles. The molecule has 10 nitrogen and oxygen atoms in total. The van der Waals surface area contributed by atoms with Crippen LogP contribution >= 0.6 is 0 Å². The Morgan fingerprint density at radius 2 is 1.71 bits per heavy atom. The van der Waals surface area contributed by atoms with E-state index in [1.165, 1.54) is 33.5 Å². The van der Waals surface area contributed by atoms with Crippen molar-refractivity contribution in [3.05, 3.63) is 24.3 Å². The van der Waals surface area contributed by atoms with Crippen molar-refractivity contribution in [1.82, 2.24) is 10.1 Å². The highest BCUT2D eigenvalue weighted by Crippen LogP contribution is 2.37. The highest BCUT2D eigenvalue weighted by molar-refractivity contribution is 7.93. The van der Waals surface area contributed by atoms with Crippen molar-refractivity contribution in [2.75, 3.05) is 37.9 Å². The van der Waals surface area contributed by atoms with E-state index >= 15 is 0 Å². The number of hydrogen-bond acceptors (Lipinski definition) is 9. The number of hydrogen-bond donors (Lipinski definition) is 2. The van der Waals surface area contributed by atoms with Crippen LogP contribution in [0.5, 0.6) is 17.2 Å². The maximum atomic E-state index is 13.0. The zero-order chi connectivity index (χ0) is 20.3. The Morgan fingerprint density at radius 1 is 1.07 bits per heavy atom. The third-order valence-electron chi connectivity index (χ3n) is 3.87. The van der Waals surface area contributed by atoms with Crippen molar-refractivity contribution < 1.29 is 27.2 Å². The molecule has 0 aliphatic rings. The highest BCUT2D eigenvalue weighted by Gasteiger charge is 2.28. The summed E-state index contributed by atoms with van der Waals surface area (Å²) in [7, 11) is 0.0695. The standard InChI is InChI=1S/C17H20N4O6S/c1-5-18-13-9-12(26-4)14-16(20-27-17(14)19-13)21-28(22,23)15-10(24-2)7-6-8-11(15)25-3/h6-9H,5H2,1-4H3,(H,18,19)(H,20,21). The van der Waals surface area contributed by atoms with E-state index < -0.39 is 10.0 Å². The molecule has 3 rings (SSSR count). The number of anilines is 2. The average molecular weight is 408 g/mol. The van der Waals surface area contributed by atoms with Crippen molar-refractivity contribution in [2.45, 2.75) is 11.8 Å². The predicted molar refractivity (Wildman–Crippen MR) is 103 cm³/mol. The second kappa shape index (κ2) is 7.80. The van der Waals surface area contributed by atoms with Crippen LogP contribution in [0.25, 0.3) is 11.1 Å². The van der Waals surface area contributed by atoms with Crippen LogP contribution in [0, 0.1) is 0 Å². The zero-order valence-corrected chi connectivity index (χ0v) is 16.6. The fourth-order valence-corrected chi connectivity index (χ4v) is 4.01. The highest BCUT2D eigenvalue weighted by atomic mass is 32.2. The number of nitrogens with zero attached hydrogens (tertiary/aromatic N) is 2. The lowest BCUT2D eigenvalue weighted by Gasteiger charge is -2.14. The van der Waals surface area contributed by atoms with E-state index in [9.17, 15) is 8.42 Å². The Morgan fingerprint density at radius 3 is 2.29 bits per heavy atom. The van der Waals surface area contributed by atoms with Gasteiger partial charge < -0.3 is 24.1 Å². The van der Waals surface area contributed by atoms with Gasteiger partial charge in [0.2, 0.25) is 0 Å². The third-order valence-corrected chi connectivity index (χ3v) is 5.27. The van der Waals surface area contributed by atoms with Gasteiger partial charge in [-0.1, -0.05) is 11.2 Å². The van der Waals surface area contributed by atoms with E-state index in [1.807, 2.05) is 6.92 Å².